The maximum Gasteiger partial charge on any atom is 0.142 e. The van der Waals surface area contributed by atoms with E-state index in [4.69, 9.17) is 9.47 Å². The molecule has 0 unspecified atom stereocenters. The Morgan fingerprint density at radius 2 is 2.17 bits per heavy atom. The summed E-state index contributed by atoms with van der Waals surface area (Å²) < 4.78 is 25.0. The molecule has 0 radical (unpaired) electrons. The zero-order chi connectivity index (χ0) is 16.1. The minimum absolute atomic E-state index is 0.0184. The number of halogens is 1. The zero-order valence-corrected chi connectivity index (χ0v) is 13.2. The Morgan fingerprint density at radius 1 is 1.35 bits per heavy atom. The Bertz CT molecular complexity index is 630. The first kappa shape index (κ1) is 15.7. The van der Waals surface area contributed by atoms with Gasteiger partial charge in [-0.05, 0) is 49.6 Å². The first-order valence-corrected chi connectivity index (χ1v) is 7.93. The lowest BCUT2D eigenvalue weighted by Crippen LogP contribution is -2.17. The van der Waals surface area contributed by atoms with Crippen molar-refractivity contribution >= 4 is 5.69 Å². The van der Waals surface area contributed by atoms with Crippen LogP contribution in [0.15, 0.2) is 42.7 Å². The summed E-state index contributed by atoms with van der Waals surface area (Å²) in [5, 5.41) is 3.31. The standard InChI is InChI=1S/C18H21FN2O2/c1-13(14-6-8-20-9-7-14)21-17-11-15(19)4-5-18(17)23-12-16-3-2-10-22-16/h4-9,11,13,16,21H,2-3,10,12H2,1H3/t13-,16-/m0/s1. The number of nitrogens with one attached hydrogen (secondary N) is 1. The molecule has 1 fully saturated rings. The van der Waals surface area contributed by atoms with Gasteiger partial charge < -0.3 is 14.8 Å². The lowest BCUT2D eigenvalue weighted by molar-refractivity contribution is 0.0681. The first-order chi connectivity index (χ1) is 11.2. The highest BCUT2D eigenvalue weighted by molar-refractivity contribution is 5.57. The van der Waals surface area contributed by atoms with Gasteiger partial charge in [-0.2, -0.15) is 0 Å². The van der Waals surface area contributed by atoms with Gasteiger partial charge in [0.15, 0.2) is 0 Å². The van der Waals surface area contributed by atoms with Crippen LogP contribution < -0.4 is 10.1 Å². The van der Waals surface area contributed by atoms with Crippen molar-refractivity contribution in [3.8, 4) is 5.75 Å². The molecule has 2 aromatic rings. The van der Waals surface area contributed by atoms with E-state index in [2.05, 4.69) is 10.3 Å². The van der Waals surface area contributed by atoms with E-state index in [1.807, 2.05) is 19.1 Å². The first-order valence-electron chi connectivity index (χ1n) is 7.93. The number of rotatable bonds is 6. The Morgan fingerprint density at radius 3 is 2.91 bits per heavy atom. The van der Waals surface area contributed by atoms with Crippen molar-refractivity contribution in [2.75, 3.05) is 18.5 Å². The molecule has 1 aromatic carbocycles. The largest absolute Gasteiger partial charge is 0.489 e. The zero-order valence-electron chi connectivity index (χ0n) is 13.2. The lowest BCUT2D eigenvalue weighted by atomic mass is 10.1. The number of ether oxygens (including phenoxy) is 2. The molecule has 1 saturated heterocycles. The Kier molecular flexibility index (Phi) is 5.08. The van der Waals surface area contributed by atoms with E-state index in [0.29, 0.717) is 18.0 Å². The molecule has 0 saturated carbocycles. The monoisotopic (exact) mass is 316 g/mol. The molecule has 23 heavy (non-hydrogen) atoms. The van der Waals surface area contributed by atoms with Gasteiger partial charge in [-0.25, -0.2) is 4.39 Å². The topological polar surface area (TPSA) is 43.4 Å². The molecule has 3 rings (SSSR count). The molecule has 0 spiro atoms. The smallest absolute Gasteiger partial charge is 0.142 e. The van der Waals surface area contributed by atoms with Crippen molar-refractivity contribution in [3.05, 3.63) is 54.1 Å². The maximum absolute atomic E-state index is 13.6. The average Bonchev–Trinajstić information content (AvgIpc) is 3.08. The van der Waals surface area contributed by atoms with Gasteiger partial charge in [0.25, 0.3) is 0 Å². The third-order valence-electron chi connectivity index (χ3n) is 3.97. The molecular weight excluding hydrogens is 295 g/mol. The van der Waals surface area contributed by atoms with Gasteiger partial charge in [0.05, 0.1) is 11.8 Å². The highest BCUT2D eigenvalue weighted by Crippen LogP contribution is 2.29. The summed E-state index contributed by atoms with van der Waals surface area (Å²) in [5.74, 6) is 0.349. The van der Waals surface area contributed by atoms with Gasteiger partial charge in [-0.3, -0.25) is 4.98 Å². The third-order valence-corrected chi connectivity index (χ3v) is 3.97. The van der Waals surface area contributed by atoms with Crippen LogP contribution in [0.5, 0.6) is 5.75 Å². The summed E-state index contributed by atoms with van der Waals surface area (Å²) >= 11 is 0. The lowest BCUT2D eigenvalue weighted by Gasteiger charge is -2.19. The minimum atomic E-state index is -0.293. The third kappa shape index (κ3) is 4.20. The molecule has 1 aliphatic rings. The molecule has 4 nitrogen and oxygen atoms in total. The van der Waals surface area contributed by atoms with Crippen molar-refractivity contribution in [3.63, 3.8) is 0 Å². The van der Waals surface area contributed by atoms with Gasteiger partial charge in [-0.1, -0.05) is 0 Å². The fraction of sp³-hybridized carbons (Fsp3) is 0.389. The van der Waals surface area contributed by atoms with E-state index in [1.54, 1.807) is 18.5 Å². The molecule has 0 bridgehead atoms. The van der Waals surface area contributed by atoms with Gasteiger partial charge in [0, 0.05) is 31.1 Å². The predicted octanol–water partition coefficient (Wildman–Crippen LogP) is 3.95. The Balaban J connectivity index is 1.70. The summed E-state index contributed by atoms with van der Waals surface area (Å²) in [6.45, 7) is 3.30. The second kappa shape index (κ2) is 7.42. The molecule has 1 aliphatic heterocycles. The van der Waals surface area contributed by atoms with Crippen molar-refractivity contribution in [1.29, 1.82) is 0 Å². The number of benzene rings is 1. The normalized spacial score (nSPS) is 18.6. The van der Waals surface area contributed by atoms with E-state index in [0.717, 1.165) is 25.0 Å². The molecule has 0 aliphatic carbocycles. The van der Waals surface area contributed by atoms with Crippen molar-refractivity contribution in [2.24, 2.45) is 0 Å². The molecule has 1 aromatic heterocycles. The van der Waals surface area contributed by atoms with Gasteiger partial charge >= 0.3 is 0 Å². The van der Waals surface area contributed by atoms with Crippen LogP contribution in [0, 0.1) is 5.82 Å². The van der Waals surface area contributed by atoms with Crippen LogP contribution in [0.3, 0.4) is 0 Å². The van der Waals surface area contributed by atoms with Crippen LogP contribution in [-0.2, 0) is 4.74 Å². The second-order valence-electron chi connectivity index (χ2n) is 5.73. The number of anilines is 1. The van der Waals surface area contributed by atoms with Crippen LogP contribution in [0.2, 0.25) is 0 Å². The van der Waals surface area contributed by atoms with E-state index < -0.39 is 0 Å². The van der Waals surface area contributed by atoms with E-state index in [1.165, 1.54) is 12.1 Å². The van der Waals surface area contributed by atoms with Crippen LogP contribution in [0.25, 0.3) is 0 Å². The summed E-state index contributed by atoms with van der Waals surface area (Å²) in [7, 11) is 0. The molecular formula is C18H21FN2O2. The molecule has 2 heterocycles. The Hall–Kier alpha value is -2.14. The molecule has 1 N–H and O–H groups in total. The van der Waals surface area contributed by atoms with Gasteiger partial charge in [0.2, 0.25) is 0 Å². The fourth-order valence-electron chi connectivity index (χ4n) is 2.67. The molecule has 5 heteroatoms. The van der Waals surface area contributed by atoms with Crippen molar-refractivity contribution < 1.29 is 13.9 Å². The van der Waals surface area contributed by atoms with E-state index in [9.17, 15) is 4.39 Å². The molecule has 0 amide bonds. The van der Waals surface area contributed by atoms with Crippen molar-refractivity contribution in [2.45, 2.75) is 31.9 Å². The minimum Gasteiger partial charge on any atom is -0.489 e. The predicted molar refractivity (Wildman–Crippen MR) is 87.1 cm³/mol. The summed E-state index contributed by atoms with van der Waals surface area (Å²) in [6, 6.07) is 8.42. The number of pyridine rings is 1. The Labute approximate surface area is 135 Å². The highest BCUT2D eigenvalue weighted by atomic mass is 19.1. The van der Waals surface area contributed by atoms with E-state index >= 15 is 0 Å². The van der Waals surface area contributed by atoms with Gasteiger partial charge in [-0.15, -0.1) is 0 Å². The average molecular weight is 316 g/mol. The van der Waals surface area contributed by atoms with Crippen LogP contribution in [0.4, 0.5) is 10.1 Å². The summed E-state index contributed by atoms with van der Waals surface area (Å²) in [6.07, 6.45) is 5.70. The maximum atomic E-state index is 13.6. The number of aromatic nitrogens is 1. The van der Waals surface area contributed by atoms with Crippen molar-refractivity contribution in [1.82, 2.24) is 4.98 Å². The quantitative estimate of drug-likeness (QED) is 0.876. The summed E-state index contributed by atoms with van der Waals surface area (Å²) in [5.41, 5.74) is 1.72. The number of hydrogen-bond donors (Lipinski definition) is 1. The SMILES string of the molecule is C[C@H](Nc1cc(F)ccc1OC[C@@H]1CCCO1)c1ccncc1. The van der Waals surface area contributed by atoms with Gasteiger partial charge in [0.1, 0.15) is 18.2 Å². The highest BCUT2D eigenvalue weighted by Gasteiger charge is 2.17. The van der Waals surface area contributed by atoms with Crippen LogP contribution >= 0.6 is 0 Å². The number of nitrogens with zero attached hydrogens (tertiary/aromatic N) is 1. The van der Waals surface area contributed by atoms with Crippen LogP contribution in [-0.4, -0.2) is 24.3 Å². The summed E-state index contributed by atoms with van der Waals surface area (Å²) in [4.78, 5) is 4.01. The van der Waals surface area contributed by atoms with Crippen LogP contribution in [0.1, 0.15) is 31.4 Å². The fourth-order valence-corrected chi connectivity index (χ4v) is 2.67. The number of hydrogen-bond acceptors (Lipinski definition) is 4. The molecule has 122 valence electrons. The van der Waals surface area contributed by atoms with E-state index in [-0.39, 0.29) is 18.0 Å². The molecule has 2 atom stereocenters. The second-order valence-corrected chi connectivity index (χ2v) is 5.73.